The Balaban J connectivity index is 2.36. The summed E-state index contributed by atoms with van der Waals surface area (Å²) in [6.45, 7) is 8.60. The van der Waals surface area contributed by atoms with E-state index >= 15 is 0 Å². The molecule has 0 spiro atoms. The van der Waals surface area contributed by atoms with E-state index in [0.717, 1.165) is 39.0 Å². The highest BCUT2D eigenvalue weighted by molar-refractivity contribution is 5.85. The molecule has 1 rings (SSSR count). The summed E-state index contributed by atoms with van der Waals surface area (Å²) in [6, 6.07) is 0. The number of amidine groups is 1. The Morgan fingerprint density at radius 3 is 2.82 bits per heavy atom. The van der Waals surface area contributed by atoms with Gasteiger partial charge in [0.1, 0.15) is 5.84 Å². The summed E-state index contributed by atoms with van der Waals surface area (Å²) in [4.78, 5) is 0. The van der Waals surface area contributed by atoms with Gasteiger partial charge in [0.05, 0.1) is 6.61 Å². The van der Waals surface area contributed by atoms with E-state index in [4.69, 9.17) is 15.7 Å². The van der Waals surface area contributed by atoms with Crippen LogP contribution in [0.25, 0.3) is 0 Å². The summed E-state index contributed by atoms with van der Waals surface area (Å²) in [5.41, 5.74) is 5.44. The molecule has 5 heteroatoms. The number of rotatable bonds is 5. The van der Waals surface area contributed by atoms with Gasteiger partial charge in [0.2, 0.25) is 0 Å². The lowest BCUT2D eigenvalue weighted by molar-refractivity contribution is 0.0279. The molecular weight excluding hydrogens is 218 g/mol. The van der Waals surface area contributed by atoms with Gasteiger partial charge in [-0.1, -0.05) is 19.0 Å². The van der Waals surface area contributed by atoms with Crippen molar-refractivity contribution < 1.29 is 9.94 Å². The Hall–Kier alpha value is -0.810. The average Bonchev–Trinajstić information content (AvgIpc) is 2.28. The minimum atomic E-state index is -0.284. The van der Waals surface area contributed by atoms with Gasteiger partial charge in [-0.15, -0.1) is 0 Å². The van der Waals surface area contributed by atoms with Crippen molar-refractivity contribution in [2.75, 3.05) is 19.8 Å². The highest BCUT2D eigenvalue weighted by Crippen LogP contribution is 2.22. The number of ether oxygens (including phenoxy) is 1. The van der Waals surface area contributed by atoms with Crippen LogP contribution >= 0.6 is 0 Å². The third-order valence-corrected chi connectivity index (χ3v) is 3.54. The predicted molar refractivity (Wildman–Crippen MR) is 68.3 cm³/mol. The van der Waals surface area contributed by atoms with Crippen LogP contribution in [-0.2, 0) is 4.74 Å². The van der Waals surface area contributed by atoms with E-state index in [0.29, 0.717) is 0 Å². The normalized spacial score (nSPS) is 27.1. The molecule has 0 aromatic heterocycles. The first-order valence-electron chi connectivity index (χ1n) is 6.20. The highest BCUT2D eigenvalue weighted by atomic mass is 16.5. The zero-order chi connectivity index (χ0) is 12.9. The molecule has 4 N–H and O–H groups in total. The Labute approximate surface area is 103 Å². The molecule has 5 nitrogen and oxygen atoms in total. The van der Waals surface area contributed by atoms with E-state index in [2.05, 4.69) is 17.4 Å². The van der Waals surface area contributed by atoms with Crippen molar-refractivity contribution in [3.63, 3.8) is 0 Å². The van der Waals surface area contributed by atoms with Crippen LogP contribution in [0.2, 0.25) is 0 Å². The molecule has 0 saturated carbocycles. The van der Waals surface area contributed by atoms with E-state index in [1.165, 1.54) is 0 Å². The minimum Gasteiger partial charge on any atom is -0.409 e. The van der Waals surface area contributed by atoms with Crippen LogP contribution in [-0.4, -0.2) is 36.3 Å². The van der Waals surface area contributed by atoms with Crippen molar-refractivity contribution in [3.8, 4) is 0 Å². The van der Waals surface area contributed by atoms with Crippen LogP contribution in [0.15, 0.2) is 5.16 Å². The fourth-order valence-electron chi connectivity index (χ4n) is 2.01. The standard InChI is InChI=1S/C12H25N3O2/c1-11(2,10(13)15-16)6-7-14-12(3)5-4-8-17-9-12/h14,16H,4-9H2,1-3H3,(H2,13,15). The Morgan fingerprint density at radius 1 is 1.59 bits per heavy atom. The van der Waals surface area contributed by atoms with E-state index in [9.17, 15) is 0 Å². The topological polar surface area (TPSA) is 79.9 Å². The van der Waals surface area contributed by atoms with Gasteiger partial charge in [0.25, 0.3) is 0 Å². The van der Waals surface area contributed by atoms with Gasteiger partial charge in [0, 0.05) is 17.6 Å². The molecule has 0 radical (unpaired) electrons. The van der Waals surface area contributed by atoms with Crippen molar-refractivity contribution in [2.45, 2.75) is 45.6 Å². The third-order valence-electron chi connectivity index (χ3n) is 3.54. The Bertz CT molecular complexity index is 271. The number of nitrogens with one attached hydrogen (secondary N) is 1. The van der Waals surface area contributed by atoms with E-state index in [1.54, 1.807) is 0 Å². The second-order valence-electron chi connectivity index (χ2n) is 5.76. The molecule has 0 aromatic carbocycles. The maximum Gasteiger partial charge on any atom is 0.144 e. The lowest BCUT2D eigenvalue weighted by atomic mass is 9.87. The fraction of sp³-hybridized carbons (Fsp3) is 0.917. The number of oxime groups is 1. The molecule has 100 valence electrons. The zero-order valence-corrected chi connectivity index (χ0v) is 11.1. The number of nitrogens with zero attached hydrogens (tertiary/aromatic N) is 1. The number of hydrogen-bond acceptors (Lipinski definition) is 4. The molecule has 1 heterocycles. The summed E-state index contributed by atoms with van der Waals surface area (Å²) in [5.74, 6) is 0.282. The van der Waals surface area contributed by atoms with E-state index in [-0.39, 0.29) is 16.8 Å². The van der Waals surface area contributed by atoms with Crippen molar-refractivity contribution in [2.24, 2.45) is 16.3 Å². The molecular formula is C12H25N3O2. The minimum absolute atomic E-state index is 0.0689. The zero-order valence-electron chi connectivity index (χ0n) is 11.1. The number of hydrogen-bond donors (Lipinski definition) is 3. The van der Waals surface area contributed by atoms with Gasteiger partial charge in [-0.05, 0) is 32.7 Å². The van der Waals surface area contributed by atoms with Crippen molar-refractivity contribution in [1.29, 1.82) is 0 Å². The molecule has 0 aliphatic carbocycles. The summed E-state index contributed by atoms with van der Waals surface area (Å²) in [6.07, 6.45) is 3.07. The molecule has 0 bridgehead atoms. The van der Waals surface area contributed by atoms with Crippen LogP contribution in [0.1, 0.15) is 40.0 Å². The van der Waals surface area contributed by atoms with Gasteiger partial charge >= 0.3 is 0 Å². The van der Waals surface area contributed by atoms with Crippen molar-refractivity contribution >= 4 is 5.84 Å². The van der Waals surface area contributed by atoms with Gasteiger partial charge in [0.15, 0.2) is 0 Å². The molecule has 1 atom stereocenters. The first-order valence-corrected chi connectivity index (χ1v) is 6.20. The van der Waals surface area contributed by atoms with Crippen LogP contribution < -0.4 is 11.1 Å². The third kappa shape index (κ3) is 4.16. The average molecular weight is 243 g/mol. The number of nitrogens with two attached hydrogens (primary N) is 1. The van der Waals surface area contributed by atoms with E-state index < -0.39 is 0 Å². The second-order valence-corrected chi connectivity index (χ2v) is 5.76. The summed E-state index contributed by atoms with van der Waals surface area (Å²) in [5, 5.41) is 15.3. The van der Waals surface area contributed by atoms with Crippen molar-refractivity contribution in [1.82, 2.24) is 5.32 Å². The lowest BCUT2D eigenvalue weighted by Crippen LogP contribution is -2.50. The predicted octanol–water partition coefficient (Wildman–Crippen LogP) is 1.31. The van der Waals surface area contributed by atoms with Crippen LogP contribution in [0.3, 0.4) is 0 Å². The fourth-order valence-corrected chi connectivity index (χ4v) is 2.01. The Kier molecular flexibility index (Phi) is 4.77. The molecule has 1 saturated heterocycles. The molecule has 0 amide bonds. The monoisotopic (exact) mass is 243 g/mol. The maximum atomic E-state index is 8.69. The van der Waals surface area contributed by atoms with Gasteiger partial charge in [-0.25, -0.2) is 0 Å². The Morgan fingerprint density at radius 2 is 2.29 bits per heavy atom. The largest absolute Gasteiger partial charge is 0.409 e. The highest BCUT2D eigenvalue weighted by Gasteiger charge is 2.29. The summed E-state index contributed by atoms with van der Waals surface area (Å²) in [7, 11) is 0. The molecule has 1 fully saturated rings. The molecule has 1 unspecified atom stereocenters. The van der Waals surface area contributed by atoms with Gasteiger partial charge in [-0.3, -0.25) is 0 Å². The quantitative estimate of drug-likeness (QED) is 0.294. The van der Waals surface area contributed by atoms with Crippen molar-refractivity contribution in [3.05, 3.63) is 0 Å². The molecule has 1 aliphatic heterocycles. The SMILES string of the molecule is CC1(NCCC(C)(C)C(N)=NO)CCCOC1. The smallest absolute Gasteiger partial charge is 0.144 e. The molecule has 1 aliphatic rings. The van der Waals surface area contributed by atoms with E-state index in [1.807, 2.05) is 13.8 Å². The summed E-state index contributed by atoms with van der Waals surface area (Å²) < 4.78 is 5.49. The van der Waals surface area contributed by atoms with Crippen LogP contribution in [0.4, 0.5) is 0 Å². The maximum absolute atomic E-state index is 8.69. The molecule has 17 heavy (non-hydrogen) atoms. The van der Waals surface area contributed by atoms with Crippen LogP contribution in [0, 0.1) is 5.41 Å². The lowest BCUT2D eigenvalue weighted by Gasteiger charge is -2.35. The van der Waals surface area contributed by atoms with Crippen LogP contribution in [0.5, 0.6) is 0 Å². The van der Waals surface area contributed by atoms with Gasteiger partial charge < -0.3 is 21.0 Å². The first kappa shape index (κ1) is 14.3. The molecule has 0 aromatic rings. The summed E-state index contributed by atoms with van der Waals surface area (Å²) >= 11 is 0. The second kappa shape index (κ2) is 5.69. The first-order chi connectivity index (χ1) is 7.90. The van der Waals surface area contributed by atoms with Gasteiger partial charge in [-0.2, -0.15) is 0 Å².